The second-order valence-corrected chi connectivity index (χ2v) is 9.58. The maximum absolute atomic E-state index is 13.2. The number of aromatic nitrogens is 2. The zero-order chi connectivity index (χ0) is 28.8. The van der Waals surface area contributed by atoms with Gasteiger partial charge in [0.15, 0.2) is 29.2 Å². The molecule has 0 bridgehead atoms. The molecule has 5 rings (SSSR count). The number of allylic oxidation sites excluding steroid dienone is 4. The van der Waals surface area contributed by atoms with Gasteiger partial charge in [-0.15, -0.1) is 0 Å². The number of hydrogen-bond acceptors (Lipinski definition) is 9. The number of rotatable bonds is 11. The van der Waals surface area contributed by atoms with E-state index in [-0.39, 0.29) is 23.0 Å². The lowest BCUT2D eigenvalue weighted by atomic mass is 9.95. The topological polar surface area (TPSA) is 109 Å². The average molecular weight is 566 g/mol. The Hall–Kier alpha value is -4.38. The normalized spacial score (nSPS) is 17.1. The summed E-state index contributed by atoms with van der Waals surface area (Å²) in [6, 6.07) is 8.19. The molecule has 1 N–H and O–H groups in total. The van der Waals surface area contributed by atoms with Gasteiger partial charge in [0.1, 0.15) is 37.9 Å². The Kier molecular flexibility index (Phi) is 8.83. The molecule has 1 unspecified atom stereocenters. The van der Waals surface area contributed by atoms with Crippen molar-refractivity contribution >= 4 is 39.5 Å². The number of fused-ring (bicyclic) bond motifs is 1. The summed E-state index contributed by atoms with van der Waals surface area (Å²) in [5.41, 5.74) is 1.33. The fraction of sp³-hybridized carbons (Fsp3) is 0.333. The minimum absolute atomic E-state index is 0.0231. The molecule has 0 amide bonds. The first-order valence-electron chi connectivity index (χ1n) is 13.2. The summed E-state index contributed by atoms with van der Waals surface area (Å²) >= 11 is 0. The Labute approximate surface area is 235 Å². The fourth-order valence-electron chi connectivity index (χ4n) is 4.62. The van der Waals surface area contributed by atoms with Crippen LogP contribution in [-0.4, -0.2) is 67.4 Å². The number of carbonyl (C=O) groups excluding carboxylic acids is 2. The van der Waals surface area contributed by atoms with E-state index >= 15 is 0 Å². The standard InChI is InChI=1S/C30H29F2N3O6/c1-38-28-12-24-25(13-29(28)40-16-20-4-2-3-9-39-20)33-17-34-30(24)35-18-5-8-27(41-21(14-31)15-32)23(10-18)22-11-19(36)6-7-26(22)37/h5-8,10-13,17,20-21H,2-4,9,14-16H2,1H3,(H,33,34,35). The molecule has 1 saturated heterocycles. The molecule has 1 atom stereocenters. The first-order valence-corrected chi connectivity index (χ1v) is 13.2. The third-order valence-electron chi connectivity index (χ3n) is 6.74. The summed E-state index contributed by atoms with van der Waals surface area (Å²) in [4.78, 5) is 33.4. The Morgan fingerprint density at radius 1 is 1.05 bits per heavy atom. The van der Waals surface area contributed by atoms with Gasteiger partial charge in [0.2, 0.25) is 0 Å². The zero-order valence-corrected chi connectivity index (χ0v) is 22.4. The van der Waals surface area contributed by atoms with Gasteiger partial charge in [-0.3, -0.25) is 9.59 Å². The monoisotopic (exact) mass is 565 g/mol. The summed E-state index contributed by atoms with van der Waals surface area (Å²) in [5, 5.41) is 3.84. The predicted octanol–water partition coefficient (Wildman–Crippen LogP) is 5.11. The van der Waals surface area contributed by atoms with Crippen LogP contribution in [-0.2, 0) is 14.3 Å². The van der Waals surface area contributed by atoms with Gasteiger partial charge >= 0.3 is 0 Å². The molecule has 11 heteroatoms. The number of hydrogen-bond donors (Lipinski definition) is 1. The van der Waals surface area contributed by atoms with Crippen LogP contribution in [0.4, 0.5) is 20.3 Å². The molecule has 1 aliphatic heterocycles. The number of anilines is 2. The molecule has 1 aliphatic carbocycles. The van der Waals surface area contributed by atoms with Crippen LogP contribution >= 0.6 is 0 Å². The van der Waals surface area contributed by atoms with E-state index in [2.05, 4.69) is 15.3 Å². The van der Waals surface area contributed by atoms with Gasteiger partial charge in [-0.1, -0.05) is 0 Å². The number of halogens is 2. The quantitative estimate of drug-likeness (QED) is 0.317. The maximum Gasteiger partial charge on any atom is 0.186 e. The van der Waals surface area contributed by atoms with Gasteiger partial charge in [-0.05, 0) is 61.8 Å². The van der Waals surface area contributed by atoms with Crippen LogP contribution in [0.3, 0.4) is 0 Å². The third kappa shape index (κ3) is 6.51. The van der Waals surface area contributed by atoms with Crippen LogP contribution in [0.1, 0.15) is 24.8 Å². The van der Waals surface area contributed by atoms with E-state index in [4.69, 9.17) is 18.9 Å². The van der Waals surface area contributed by atoms with Crippen molar-refractivity contribution in [2.75, 3.05) is 39.0 Å². The molecule has 0 spiro atoms. The highest BCUT2D eigenvalue weighted by Gasteiger charge is 2.22. The molecule has 1 fully saturated rings. The number of ether oxygens (including phenoxy) is 4. The summed E-state index contributed by atoms with van der Waals surface area (Å²) in [7, 11) is 1.54. The minimum Gasteiger partial charge on any atom is -0.493 e. The number of nitrogens with one attached hydrogen (secondary N) is 1. The number of benzene rings is 2. The molecular formula is C30H29F2N3O6. The molecule has 1 aromatic heterocycles. The van der Waals surface area contributed by atoms with Crippen LogP contribution < -0.4 is 19.5 Å². The third-order valence-corrected chi connectivity index (χ3v) is 6.74. The van der Waals surface area contributed by atoms with E-state index in [0.717, 1.165) is 38.0 Å². The summed E-state index contributed by atoms with van der Waals surface area (Å²) in [6.45, 7) is -0.996. The van der Waals surface area contributed by atoms with Crippen molar-refractivity contribution < 1.29 is 37.3 Å². The van der Waals surface area contributed by atoms with Crippen LogP contribution in [0.25, 0.3) is 16.5 Å². The Bertz CT molecular complexity index is 1500. The summed E-state index contributed by atoms with van der Waals surface area (Å²) in [6.07, 6.45) is 6.63. The average Bonchev–Trinajstić information content (AvgIpc) is 3.00. The molecule has 2 aromatic carbocycles. The Morgan fingerprint density at radius 2 is 1.90 bits per heavy atom. The molecular weight excluding hydrogens is 536 g/mol. The molecule has 2 heterocycles. The van der Waals surface area contributed by atoms with Gasteiger partial charge in [-0.25, -0.2) is 18.7 Å². The second-order valence-electron chi connectivity index (χ2n) is 9.58. The maximum atomic E-state index is 13.2. The van der Waals surface area contributed by atoms with E-state index in [9.17, 15) is 18.4 Å². The lowest BCUT2D eigenvalue weighted by molar-refractivity contribution is -0.113. The first-order chi connectivity index (χ1) is 20.0. The van der Waals surface area contributed by atoms with Crippen LogP contribution in [0.15, 0.2) is 54.9 Å². The van der Waals surface area contributed by atoms with E-state index in [0.29, 0.717) is 40.5 Å². The van der Waals surface area contributed by atoms with E-state index in [1.54, 1.807) is 31.4 Å². The van der Waals surface area contributed by atoms with Crippen LogP contribution in [0.2, 0.25) is 0 Å². The highest BCUT2D eigenvalue weighted by molar-refractivity contribution is 6.34. The highest BCUT2D eigenvalue weighted by Crippen LogP contribution is 2.37. The molecule has 3 aromatic rings. The fourth-order valence-corrected chi connectivity index (χ4v) is 4.62. The van der Waals surface area contributed by atoms with Gasteiger partial charge in [0.25, 0.3) is 0 Å². The van der Waals surface area contributed by atoms with Crippen molar-refractivity contribution in [3.8, 4) is 17.2 Å². The SMILES string of the molecule is COc1cc2c(Nc3ccc(OC(CF)CF)c(C4=CC(=O)C=CC4=O)c3)ncnc2cc1OCC1CCCCO1. The summed E-state index contributed by atoms with van der Waals surface area (Å²) < 4.78 is 49.3. The number of nitrogens with zero attached hydrogens (tertiary/aromatic N) is 2. The molecule has 2 aliphatic rings. The van der Waals surface area contributed by atoms with E-state index < -0.39 is 31.0 Å². The molecule has 41 heavy (non-hydrogen) atoms. The van der Waals surface area contributed by atoms with Gasteiger partial charge in [-0.2, -0.15) is 0 Å². The van der Waals surface area contributed by atoms with Crippen molar-refractivity contribution in [2.45, 2.75) is 31.5 Å². The lowest BCUT2D eigenvalue weighted by Crippen LogP contribution is -2.25. The van der Waals surface area contributed by atoms with Gasteiger partial charge in [0.05, 0.1) is 18.7 Å². The number of methoxy groups -OCH3 is 1. The van der Waals surface area contributed by atoms with Crippen LogP contribution in [0.5, 0.6) is 17.2 Å². The van der Waals surface area contributed by atoms with E-state index in [1.165, 1.54) is 18.5 Å². The highest BCUT2D eigenvalue weighted by atomic mass is 19.1. The zero-order valence-electron chi connectivity index (χ0n) is 22.4. The van der Waals surface area contributed by atoms with Crippen molar-refractivity contribution in [3.05, 3.63) is 60.5 Å². The van der Waals surface area contributed by atoms with Gasteiger partial charge in [0, 0.05) is 34.9 Å². The first kappa shape index (κ1) is 28.2. The molecule has 0 saturated carbocycles. The predicted molar refractivity (Wildman–Crippen MR) is 148 cm³/mol. The Balaban J connectivity index is 1.46. The van der Waals surface area contributed by atoms with Crippen molar-refractivity contribution in [1.29, 1.82) is 0 Å². The molecule has 9 nitrogen and oxygen atoms in total. The molecule has 214 valence electrons. The number of alkyl halides is 2. The Morgan fingerprint density at radius 3 is 2.66 bits per heavy atom. The van der Waals surface area contributed by atoms with Gasteiger partial charge < -0.3 is 24.3 Å². The largest absolute Gasteiger partial charge is 0.493 e. The van der Waals surface area contributed by atoms with Crippen molar-refractivity contribution in [2.24, 2.45) is 0 Å². The molecule has 0 radical (unpaired) electrons. The summed E-state index contributed by atoms with van der Waals surface area (Å²) in [5.74, 6) is 0.683. The van der Waals surface area contributed by atoms with Crippen molar-refractivity contribution in [3.63, 3.8) is 0 Å². The van der Waals surface area contributed by atoms with E-state index in [1.807, 2.05) is 0 Å². The van der Waals surface area contributed by atoms with Crippen LogP contribution in [0, 0.1) is 0 Å². The lowest BCUT2D eigenvalue weighted by Gasteiger charge is -2.23. The van der Waals surface area contributed by atoms with Crippen molar-refractivity contribution in [1.82, 2.24) is 9.97 Å². The second kappa shape index (κ2) is 12.9. The smallest absolute Gasteiger partial charge is 0.186 e. The number of carbonyl (C=O) groups is 2. The minimum atomic E-state index is -1.35. The number of ketones is 2.